The van der Waals surface area contributed by atoms with Gasteiger partial charge < -0.3 is 10.4 Å². The first-order chi connectivity index (χ1) is 16.1. The zero-order valence-corrected chi connectivity index (χ0v) is 18.3. The molecule has 0 radical (unpaired) electrons. The Labute approximate surface area is 194 Å². The Morgan fingerprint density at radius 3 is 2.53 bits per heavy atom. The summed E-state index contributed by atoms with van der Waals surface area (Å²) in [6.45, 7) is 1.46. The number of hydrogen-bond acceptors (Lipinski definition) is 6. The lowest BCUT2D eigenvalue weighted by atomic mass is 9.66. The largest absolute Gasteiger partial charge is 0.490 e. The van der Waals surface area contributed by atoms with Crippen molar-refractivity contribution in [1.29, 1.82) is 0 Å². The highest BCUT2D eigenvalue weighted by atomic mass is 32.1. The molecule has 1 aliphatic carbocycles. The molecule has 1 aliphatic heterocycles. The van der Waals surface area contributed by atoms with E-state index < -0.39 is 17.6 Å². The number of carbonyl (C=O) groups excluding carboxylic acids is 1. The van der Waals surface area contributed by atoms with Crippen molar-refractivity contribution in [3.8, 4) is 5.69 Å². The van der Waals surface area contributed by atoms with E-state index in [4.69, 9.17) is 9.90 Å². The molecule has 2 N–H and O–H groups in total. The number of nitrogens with zero attached hydrogens (tertiary/aromatic N) is 3. The first-order valence-electron chi connectivity index (χ1n) is 10.1. The molecule has 7 nitrogen and oxygen atoms in total. The topological polar surface area (TPSA) is 97.1 Å². The normalized spacial score (nSPS) is 19.2. The fraction of sp³-hybridized carbons (Fsp3) is 0.273. The minimum atomic E-state index is -5.08. The highest BCUT2D eigenvalue weighted by molar-refractivity contribution is 7.11. The van der Waals surface area contributed by atoms with E-state index in [1.165, 1.54) is 23.5 Å². The Balaban J connectivity index is 0.000000344. The van der Waals surface area contributed by atoms with Gasteiger partial charge >= 0.3 is 12.1 Å². The Morgan fingerprint density at radius 1 is 1.21 bits per heavy atom. The van der Waals surface area contributed by atoms with Gasteiger partial charge in [0.2, 0.25) is 5.78 Å². The van der Waals surface area contributed by atoms with E-state index in [0.717, 1.165) is 35.5 Å². The second kappa shape index (κ2) is 9.11. The summed E-state index contributed by atoms with van der Waals surface area (Å²) in [6, 6.07) is 6.29. The summed E-state index contributed by atoms with van der Waals surface area (Å²) in [7, 11) is 0. The molecule has 12 heteroatoms. The summed E-state index contributed by atoms with van der Waals surface area (Å²) in [5.74, 6) is -2.95. The van der Waals surface area contributed by atoms with Crippen LogP contribution in [0.2, 0.25) is 0 Å². The van der Waals surface area contributed by atoms with Crippen LogP contribution in [0.1, 0.15) is 27.5 Å². The van der Waals surface area contributed by atoms with Crippen LogP contribution in [-0.2, 0) is 11.2 Å². The molecule has 0 bridgehead atoms. The third-order valence-electron chi connectivity index (χ3n) is 5.68. The first kappa shape index (κ1) is 23.8. The van der Waals surface area contributed by atoms with Crippen LogP contribution in [0.15, 0.2) is 47.6 Å². The van der Waals surface area contributed by atoms with Crippen LogP contribution >= 0.6 is 11.3 Å². The molecule has 0 saturated carbocycles. The molecular weight excluding hydrogens is 476 g/mol. The average Bonchev–Trinajstić information content (AvgIpc) is 3.47. The van der Waals surface area contributed by atoms with E-state index in [1.54, 1.807) is 18.3 Å². The Morgan fingerprint density at radius 2 is 1.91 bits per heavy atom. The number of alkyl halides is 3. The lowest BCUT2D eigenvalue weighted by Crippen LogP contribution is -2.49. The third kappa shape index (κ3) is 4.50. The molecule has 3 heterocycles. The van der Waals surface area contributed by atoms with Crippen LogP contribution in [-0.4, -0.2) is 50.9 Å². The zero-order valence-electron chi connectivity index (χ0n) is 17.5. The van der Waals surface area contributed by atoms with E-state index in [1.807, 2.05) is 16.3 Å². The van der Waals surface area contributed by atoms with Crippen molar-refractivity contribution < 1.29 is 32.3 Å². The minimum Gasteiger partial charge on any atom is -0.475 e. The number of rotatable bonds is 3. The number of halogens is 4. The number of carboxylic acid groups (broad SMARTS) is 1. The van der Waals surface area contributed by atoms with Crippen molar-refractivity contribution in [3.63, 3.8) is 0 Å². The molecule has 2 aliphatic rings. The van der Waals surface area contributed by atoms with Crippen LogP contribution < -0.4 is 5.32 Å². The molecular formula is C22H18F4N4O3S. The van der Waals surface area contributed by atoms with Gasteiger partial charge in [-0.15, -0.1) is 11.3 Å². The van der Waals surface area contributed by atoms with Gasteiger partial charge in [0.1, 0.15) is 5.82 Å². The number of piperidine rings is 1. The Bertz CT molecular complexity index is 1240. The van der Waals surface area contributed by atoms with E-state index in [2.05, 4.69) is 21.5 Å². The number of carboxylic acids is 1. The summed E-state index contributed by atoms with van der Waals surface area (Å²) < 4.78 is 46.8. The van der Waals surface area contributed by atoms with Crippen LogP contribution in [0.5, 0.6) is 0 Å². The number of fused-ring (bicyclic) bond motifs is 2. The predicted molar refractivity (Wildman–Crippen MR) is 115 cm³/mol. The quantitative estimate of drug-likeness (QED) is 0.424. The maximum atomic E-state index is 13.3. The molecule has 1 aromatic carbocycles. The monoisotopic (exact) mass is 494 g/mol. The van der Waals surface area contributed by atoms with Crippen LogP contribution in [0.3, 0.4) is 0 Å². The molecule has 1 saturated heterocycles. The molecule has 34 heavy (non-hydrogen) atoms. The van der Waals surface area contributed by atoms with Gasteiger partial charge in [0, 0.05) is 18.1 Å². The van der Waals surface area contributed by atoms with E-state index in [9.17, 15) is 22.4 Å². The molecule has 0 spiro atoms. The number of hydrogen-bond donors (Lipinski definition) is 2. The molecule has 178 valence electrons. The van der Waals surface area contributed by atoms with Gasteiger partial charge in [0.15, 0.2) is 5.01 Å². The number of benzene rings is 1. The van der Waals surface area contributed by atoms with Crippen molar-refractivity contribution in [2.24, 2.45) is 5.41 Å². The molecule has 1 fully saturated rings. The molecule has 5 rings (SSSR count). The van der Waals surface area contributed by atoms with Crippen molar-refractivity contribution in [1.82, 2.24) is 20.1 Å². The molecule has 0 amide bonds. The number of aliphatic carboxylic acids is 1. The van der Waals surface area contributed by atoms with Crippen molar-refractivity contribution in [3.05, 3.63) is 69.7 Å². The molecule has 1 atom stereocenters. The van der Waals surface area contributed by atoms with Gasteiger partial charge in [-0.05, 0) is 55.3 Å². The number of thiazole rings is 1. The standard InChI is InChI=1S/C20H17FN4OS.C2HF3O2/c21-15-1-3-16(4-2-15)25-17-9-14-5-6-22-12-20(14,10-13(17)11-24-25)18(26)19-23-7-8-27-19;3-2(4,5)1(6)7/h1-4,7-9,11,22H,5-6,10,12H2;(H,6,7)/t20-;/m0./s1. The van der Waals surface area contributed by atoms with Crippen LogP contribution in [0.25, 0.3) is 11.8 Å². The minimum absolute atomic E-state index is 0.0798. The fourth-order valence-corrected chi connectivity index (χ4v) is 4.75. The molecule has 2 aromatic heterocycles. The van der Waals surface area contributed by atoms with Crippen molar-refractivity contribution in [2.75, 3.05) is 13.1 Å². The fourth-order valence-electron chi connectivity index (χ4n) is 4.07. The second-order valence-electron chi connectivity index (χ2n) is 7.77. The predicted octanol–water partition coefficient (Wildman–Crippen LogP) is 3.90. The summed E-state index contributed by atoms with van der Waals surface area (Å²) in [6.07, 6.45) is 1.92. The van der Waals surface area contributed by atoms with Crippen molar-refractivity contribution >= 4 is 29.2 Å². The number of nitrogens with one attached hydrogen (secondary N) is 1. The molecule has 0 unspecified atom stereocenters. The summed E-state index contributed by atoms with van der Waals surface area (Å²) in [5, 5.41) is 17.4. The maximum absolute atomic E-state index is 13.3. The smallest absolute Gasteiger partial charge is 0.475 e. The van der Waals surface area contributed by atoms with E-state index in [0.29, 0.717) is 18.0 Å². The van der Waals surface area contributed by atoms with E-state index >= 15 is 0 Å². The lowest BCUT2D eigenvalue weighted by molar-refractivity contribution is -0.192. The second-order valence-corrected chi connectivity index (χ2v) is 8.66. The van der Waals surface area contributed by atoms with Crippen LogP contribution in [0, 0.1) is 11.2 Å². The zero-order chi connectivity index (χ0) is 24.5. The van der Waals surface area contributed by atoms with Crippen LogP contribution in [0.4, 0.5) is 17.6 Å². The van der Waals surface area contributed by atoms with Gasteiger partial charge in [-0.25, -0.2) is 18.9 Å². The van der Waals surface area contributed by atoms with Gasteiger partial charge in [0.05, 0.1) is 23.0 Å². The third-order valence-corrected chi connectivity index (χ3v) is 6.45. The van der Waals surface area contributed by atoms with E-state index in [-0.39, 0.29) is 11.6 Å². The van der Waals surface area contributed by atoms with Gasteiger partial charge in [-0.3, -0.25) is 4.79 Å². The van der Waals surface area contributed by atoms with Gasteiger partial charge in [0.25, 0.3) is 0 Å². The first-order valence-corrected chi connectivity index (χ1v) is 11.0. The maximum Gasteiger partial charge on any atom is 0.490 e. The summed E-state index contributed by atoms with van der Waals surface area (Å²) in [5.41, 5.74) is 3.33. The summed E-state index contributed by atoms with van der Waals surface area (Å²) in [4.78, 5) is 26.5. The SMILES string of the molecule is O=C(O)C(F)(F)F.O=C(c1nccs1)[C@@]12CNCCC1=Cc1c(cnn1-c1ccc(F)cc1)C2. The van der Waals surface area contributed by atoms with Gasteiger partial charge in [-0.2, -0.15) is 18.3 Å². The number of ketones is 1. The number of aromatic nitrogens is 3. The van der Waals surface area contributed by atoms with Crippen molar-refractivity contribution in [2.45, 2.75) is 19.0 Å². The Hall–Kier alpha value is -3.38. The van der Waals surface area contributed by atoms with Gasteiger partial charge in [-0.1, -0.05) is 5.57 Å². The Kier molecular flexibility index (Phi) is 6.36. The highest BCUT2D eigenvalue weighted by Gasteiger charge is 2.47. The summed E-state index contributed by atoms with van der Waals surface area (Å²) >= 11 is 1.39. The molecule has 3 aromatic rings. The highest BCUT2D eigenvalue weighted by Crippen LogP contribution is 2.44. The lowest BCUT2D eigenvalue weighted by Gasteiger charge is -2.40. The number of Topliss-reactive ketones (excluding diaryl/α,β-unsaturated/α-hetero) is 1. The number of carbonyl (C=O) groups is 2. The average molecular weight is 494 g/mol.